The lowest BCUT2D eigenvalue weighted by atomic mass is 10.1. The first kappa shape index (κ1) is 14.7. The van der Waals surface area contributed by atoms with Crippen LogP contribution in [0.25, 0.3) is 6.08 Å². The molecule has 0 fully saturated rings. The Kier molecular flexibility index (Phi) is 3.46. The number of rotatable bonds is 2. The van der Waals surface area contributed by atoms with Crippen LogP contribution in [-0.2, 0) is 10.0 Å². The molecule has 1 aliphatic rings. The van der Waals surface area contributed by atoms with Crippen molar-refractivity contribution in [2.24, 2.45) is 5.73 Å². The normalized spacial score (nSPS) is 17.6. The fourth-order valence-corrected chi connectivity index (χ4v) is 4.24. The maximum Gasteiger partial charge on any atom is 0.272 e. The van der Waals surface area contributed by atoms with Gasteiger partial charge >= 0.3 is 0 Å². The molecule has 7 heteroatoms. The molecule has 3 rings (SSSR count). The van der Waals surface area contributed by atoms with Crippen LogP contribution in [0, 0.1) is 5.82 Å². The van der Waals surface area contributed by atoms with Gasteiger partial charge in [0.15, 0.2) is 0 Å². The van der Waals surface area contributed by atoms with Crippen molar-refractivity contribution >= 4 is 21.8 Å². The third kappa shape index (κ3) is 2.18. The Balaban J connectivity index is 2.33. The van der Waals surface area contributed by atoms with Gasteiger partial charge in [0.25, 0.3) is 10.0 Å². The van der Waals surface area contributed by atoms with Crippen molar-refractivity contribution in [3.63, 3.8) is 0 Å². The van der Waals surface area contributed by atoms with Crippen LogP contribution in [0.4, 0.5) is 10.1 Å². The first-order valence-electron chi connectivity index (χ1n) is 6.64. The quantitative estimate of drug-likeness (QED) is 0.920. The van der Waals surface area contributed by atoms with Crippen LogP contribution in [0.3, 0.4) is 0 Å². The fourth-order valence-electron chi connectivity index (χ4n) is 2.44. The fraction of sp³-hybridized carbons (Fsp3) is 0.133. The average Bonchev–Trinajstić information content (AvgIpc) is 2.46. The van der Waals surface area contributed by atoms with E-state index in [4.69, 9.17) is 5.73 Å². The molecule has 0 unspecified atom stereocenters. The van der Waals surface area contributed by atoms with Crippen LogP contribution in [0.15, 0.2) is 53.3 Å². The van der Waals surface area contributed by atoms with Gasteiger partial charge in [0.05, 0.1) is 17.6 Å². The molecule has 2 aromatic rings. The zero-order valence-corrected chi connectivity index (χ0v) is 12.6. The molecule has 0 amide bonds. The number of pyridine rings is 1. The first-order chi connectivity index (χ1) is 10.4. The van der Waals surface area contributed by atoms with Crippen molar-refractivity contribution in [1.29, 1.82) is 0 Å². The molecule has 2 N–H and O–H groups in total. The number of nitrogens with zero attached hydrogens (tertiary/aromatic N) is 2. The molecule has 0 radical (unpaired) electrons. The van der Waals surface area contributed by atoms with E-state index >= 15 is 0 Å². The van der Waals surface area contributed by atoms with Gasteiger partial charge in [-0.3, -0.25) is 4.98 Å². The molecule has 1 aromatic heterocycles. The lowest BCUT2D eigenvalue weighted by Crippen LogP contribution is -2.40. The van der Waals surface area contributed by atoms with Crippen LogP contribution >= 0.6 is 0 Å². The minimum atomic E-state index is -4.09. The lowest BCUT2D eigenvalue weighted by molar-refractivity contribution is 0.562. The number of sulfonamides is 1. The van der Waals surface area contributed by atoms with E-state index < -0.39 is 21.9 Å². The summed E-state index contributed by atoms with van der Waals surface area (Å²) in [5.41, 5.74) is 6.91. The van der Waals surface area contributed by atoms with Crippen molar-refractivity contribution in [1.82, 2.24) is 4.98 Å². The second-order valence-electron chi connectivity index (χ2n) is 5.00. The molecule has 114 valence electrons. The van der Waals surface area contributed by atoms with Crippen molar-refractivity contribution in [2.75, 3.05) is 4.31 Å². The van der Waals surface area contributed by atoms with Crippen LogP contribution in [0.1, 0.15) is 12.5 Å². The first-order valence-corrected chi connectivity index (χ1v) is 8.08. The summed E-state index contributed by atoms with van der Waals surface area (Å²) in [6.07, 6.45) is 4.53. The molecule has 1 aromatic carbocycles. The molecule has 0 bridgehead atoms. The number of hydrogen-bond donors (Lipinski definition) is 1. The standard InChI is InChI=1S/C15H14FN3O2S/c1-10(17)14-8-11-4-2-6-13(16)15(11)22(20,21)19(14)12-5-3-7-18-9-12/h2-10H,17H2,1H3/t10-/m0/s1. The van der Waals surface area contributed by atoms with Gasteiger partial charge in [0.2, 0.25) is 0 Å². The van der Waals surface area contributed by atoms with Crippen molar-refractivity contribution in [3.05, 3.63) is 59.8 Å². The van der Waals surface area contributed by atoms with Crippen LogP contribution in [-0.4, -0.2) is 19.4 Å². The molecule has 0 saturated heterocycles. The van der Waals surface area contributed by atoms with Gasteiger partial charge in [0, 0.05) is 12.2 Å². The molecule has 1 aliphatic heterocycles. The van der Waals surface area contributed by atoms with Crippen LogP contribution in [0.2, 0.25) is 0 Å². The topological polar surface area (TPSA) is 76.3 Å². The highest BCUT2D eigenvalue weighted by Gasteiger charge is 2.37. The Labute approximate surface area is 127 Å². The van der Waals surface area contributed by atoms with Gasteiger partial charge in [0.1, 0.15) is 10.7 Å². The highest BCUT2D eigenvalue weighted by Crippen LogP contribution is 2.37. The van der Waals surface area contributed by atoms with Crippen molar-refractivity contribution in [3.8, 4) is 0 Å². The highest BCUT2D eigenvalue weighted by atomic mass is 32.2. The summed E-state index contributed by atoms with van der Waals surface area (Å²) < 4.78 is 41.0. The predicted octanol–water partition coefficient (Wildman–Crippen LogP) is 2.12. The number of halogens is 1. The number of hydrogen-bond acceptors (Lipinski definition) is 4. The smallest absolute Gasteiger partial charge is 0.272 e. The summed E-state index contributed by atoms with van der Waals surface area (Å²) in [6.45, 7) is 1.68. The van der Waals surface area contributed by atoms with Gasteiger partial charge in [-0.05, 0) is 36.8 Å². The summed E-state index contributed by atoms with van der Waals surface area (Å²) in [5.74, 6) is -0.786. The third-order valence-electron chi connectivity index (χ3n) is 3.38. The van der Waals surface area contributed by atoms with Crippen LogP contribution in [0.5, 0.6) is 0 Å². The molecule has 0 spiro atoms. The van der Waals surface area contributed by atoms with Gasteiger partial charge in [-0.25, -0.2) is 17.1 Å². The SMILES string of the molecule is C[C@H](N)C1=Cc2cccc(F)c2S(=O)(=O)N1c1cccnc1. The number of anilines is 1. The average molecular weight is 319 g/mol. The highest BCUT2D eigenvalue weighted by molar-refractivity contribution is 7.93. The van der Waals surface area contributed by atoms with Crippen molar-refractivity contribution in [2.45, 2.75) is 17.9 Å². The van der Waals surface area contributed by atoms with E-state index in [1.165, 1.54) is 18.5 Å². The molecule has 22 heavy (non-hydrogen) atoms. The summed E-state index contributed by atoms with van der Waals surface area (Å²) in [7, 11) is -4.09. The van der Waals surface area contributed by atoms with E-state index in [1.54, 1.807) is 31.2 Å². The molecule has 5 nitrogen and oxygen atoms in total. The maximum absolute atomic E-state index is 14.1. The van der Waals surface area contributed by atoms with Gasteiger partial charge in [-0.15, -0.1) is 0 Å². The zero-order chi connectivity index (χ0) is 15.9. The third-order valence-corrected chi connectivity index (χ3v) is 5.23. The van der Waals surface area contributed by atoms with E-state index in [0.717, 1.165) is 10.4 Å². The number of benzene rings is 1. The second-order valence-corrected chi connectivity index (χ2v) is 6.72. The molecule has 0 aliphatic carbocycles. The van der Waals surface area contributed by atoms with Gasteiger partial charge in [-0.1, -0.05) is 12.1 Å². The lowest BCUT2D eigenvalue weighted by Gasteiger charge is -2.32. The molecule has 2 heterocycles. The number of aromatic nitrogens is 1. The Morgan fingerprint density at radius 2 is 2.05 bits per heavy atom. The second kappa shape index (κ2) is 5.19. The molecular weight excluding hydrogens is 305 g/mol. The minimum Gasteiger partial charge on any atom is -0.323 e. The van der Waals surface area contributed by atoms with E-state index in [9.17, 15) is 12.8 Å². The summed E-state index contributed by atoms with van der Waals surface area (Å²) in [6, 6.07) is 6.80. The van der Waals surface area contributed by atoms with Crippen LogP contribution < -0.4 is 10.0 Å². The summed E-state index contributed by atoms with van der Waals surface area (Å²) in [5, 5.41) is 0. The molecule has 0 saturated carbocycles. The summed E-state index contributed by atoms with van der Waals surface area (Å²) >= 11 is 0. The molecule has 1 atom stereocenters. The predicted molar refractivity (Wildman–Crippen MR) is 81.9 cm³/mol. The number of nitrogens with two attached hydrogens (primary N) is 1. The largest absolute Gasteiger partial charge is 0.323 e. The maximum atomic E-state index is 14.1. The Morgan fingerprint density at radius 1 is 1.27 bits per heavy atom. The van der Waals surface area contributed by atoms with Gasteiger partial charge < -0.3 is 5.73 Å². The molecular formula is C15H14FN3O2S. The minimum absolute atomic E-state index is 0.299. The Hall–Kier alpha value is -2.25. The van der Waals surface area contributed by atoms with E-state index in [0.29, 0.717) is 16.9 Å². The van der Waals surface area contributed by atoms with Gasteiger partial charge in [-0.2, -0.15) is 0 Å². The van der Waals surface area contributed by atoms with E-state index in [2.05, 4.69) is 4.98 Å². The van der Waals surface area contributed by atoms with E-state index in [-0.39, 0.29) is 4.90 Å². The van der Waals surface area contributed by atoms with E-state index in [1.807, 2.05) is 0 Å². The summed E-state index contributed by atoms with van der Waals surface area (Å²) in [4.78, 5) is 3.59. The zero-order valence-electron chi connectivity index (χ0n) is 11.8. The number of fused-ring (bicyclic) bond motifs is 1. The Morgan fingerprint density at radius 3 is 2.68 bits per heavy atom. The van der Waals surface area contributed by atoms with Crippen molar-refractivity contribution < 1.29 is 12.8 Å². The Bertz CT molecular complexity index is 848. The monoisotopic (exact) mass is 319 g/mol.